The molecule has 112 valence electrons. The number of hydrogen-bond acceptors (Lipinski definition) is 2. The van der Waals surface area contributed by atoms with Crippen LogP contribution >= 0.6 is 0 Å². The summed E-state index contributed by atoms with van der Waals surface area (Å²) in [6.45, 7) is 0.0333. The summed E-state index contributed by atoms with van der Waals surface area (Å²) in [7, 11) is 0. The number of aliphatic hydroxyl groups excluding tert-OH is 1. The summed E-state index contributed by atoms with van der Waals surface area (Å²) in [5.41, 5.74) is 0. The highest BCUT2D eigenvalue weighted by Gasteiger charge is 2.32. The molecule has 0 aliphatic heterocycles. The molecular weight excluding hydrogens is 248 g/mol. The third-order valence-corrected chi connectivity index (χ3v) is 4.95. The predicted molar refractivity (Wildman–Crippen MR) is 72.3 cm³/mol. The Hall–Kier alpha value is -0.220. The van der Waals surface area contributed by atoms with Crippen LogP contribution in [0.4, 0.5) is 8.78 Å². The van der Waals surface area contributed by atoms with Crippen molar-refractivity contribution in [2.24, 2.45) is 11.8 Å². The number of nitrogens with one attached hydrogen (secondary N) is 1. The molecule has 0 bridgehead atoms. The second-order valence-corrected chi connectivity index (χ2v) is 6.26. The average molecular weight is 275 g/mol. The molecule has 2 aliphatic carbocycles. The lowest BCUT2D eigenvalue weighted by molar-refractivity contribution is -0.00767. The van der Waals surface area contributed by atoms with Gasteiger partial charge in [-0.25, -0.2) is 8.78 Å². The molecule has 0 saturated heterocycles. The summed E-state index contributed by atoms with van der Waals surface area (Å²) in [4.78, 5) is 0. The van der Waals surface area contributed by atoms with Crippen LogP contribution < -0.4 is 5.32 Å². The van der Waals surface area contributed by atoms with Crippen molar-refractivity contribution < 1.29 is 13.9 Å². The second kappa shape index (κ2) is 7.53. The smallest absolute Gasteiger partial charge is 0.265 e. The van der Waals surface area contributed by atoms with Gasteiger partial charge in [0.05, 0.1) is 0 Å². The van der Waals surface area contributed by atoms with E-state index in [1.165, 1.54) is 51.4 Å². The van der Waals surface area contributed by atoms with Crippen LogP contribution in [-0.2, 0) is 0 Å². The first-order valence-electron chi connectivity index (χ1n) is 7.88. The van der Waals surface area contributed by atoms with E-state index >= 15 is 0 Å². The molecule has 4 heteroatoms. The molecule has 2 saturated carbocycles. The maximum atomic E-state index is 12.3. The number of rotatable bonds is 5. The van der Waals surface area contributed by atoms with Crippen molar-refractivity contribution in [3.63, 3.8) is 0 Å². The molecule has 0 amide bonds. The number of aliphatic hydroxyl groups is 1. The molecule has 2 N–H and O–H groups in total. The molecule has 0 aromatic heterocycles. The predicted octanol–water partition coefficient (Wildman–Crippen LogP) is 3.34. The summed E-state index contributed by atoms with van der Waals surface area (Å²) < 4.78 is 24.7. The molecule has 3 atom stereocenters. The van der Waals surface area contributed by atoms with Crippen molar-refractivity contribution in [2.45, 2.75) is 76.4 Å². The number of hydrogen-bond donors (Lipinski definition) is 2. The monoisotopic (exact) mass is 275 g/mol. The van der Waals surface area contributed by atoms with E-state index in [2.05, 4.69) is 5.32 Å². The fraction of sp³-hybridized carbons (Fsp3) is 1.00. The minimum absolute atomic E-state index is 0.0333. The van der Waals surface area contributed by atoms with Gasteiger partial charge in [0.2, 0.25) is 0 Å². The summed E-state index contributed by atoms with van der Waals surface area (Å²) in [5.74, 6) is 1.41. The standard InChI is InChI=1S/C15H27F2NO/c16-15(17)14(19)10-18-13-9-5-4-8-12(13)11-6-2-1-3-7-11/h11-15,18-19H,1-10H2. The van der Waals surface area contributed by atoms with E-state index in [9.17, 15) is 13.9 Å². The van der Waals surface area contributed by atoms with Gasteiger partial charge in [0, 0.05) is 12.6 Å². The molecule has 0 aromatic carbocycles. The van der Waals surface area contributed by atoms with Gasteiger partial charge in [-0.1, -0.05) is 44.9 Å². The Kier molecular flexibility index (Phi) is 6.02. The lowest BCUT2D eigenvalue weighted by Crippen LogP contribution is -2.46. The SMILES string of the molecule is OC(CNC1CCCCC1C1CCCCC1)C(F)F. The zero-order valence-corrected chi connectivity index (χ0v) is 11.7. The van der Waals surface area contributed by atoms with Crippen molar-refractivity contribution >= 4 is 0 Å². The molecule has 0 heterocycles. The molecule has 0 aromatic rings. The van der Waals surface area contributed by atoms with Crippen molar-refractivity contribution in [2.75, 3.05) is 6.54 Å². The van der Waals surface area contributed by atoms with Gasteiger partial charge in [0.25, 0.3) is 6.43 Å². The van der Waals surface area contributed by atoms with Gasteiger partial charge in [-0.3, -0.25) is 0 Å². The maximum absolute atomic E-state index is 12.3. The lowest BCUT2D eigenvalue weighted by atomic mass is 9.71. The van der Waals surface area contributed by atoms with Crippen LogP contribution in [0.15, 0.2) is 0 Å². The molecule has 2 fully saturated rings. The zero-order chi connectivity index (χ0) is 13.7. The van der Waals surface area contributed by atoms with Crippen LogP contribution in [0, 0.1) is 11.8 Å². The largest absolute Gasteiger partial charge is 0.386 e. The topological polar surface area (TPSA) is 32.3 Å². The van der Waals surface area contributed by atoms with E-state index in [0.717, 1.165) is 12.3 Å². The van der Waals surface area contributed by atoms with Gasteiger partial charge >= 0.3 is 0 Å². The molecular formula is C15H27F2NO. The van der Waals surface area contributed by atoms with Gasteiger partial charge in [-0.15, -0.1) is 0 Å². The van der Waals surface area contributed by atoms with Crippen LogP contribution in [0.5, 0.6) is 0 Å². The van der Waals surface area contributed by atoms with E-state index in [-0.39, 0.29) is 6.54 Å². The van der Waals surface area contributed by atoms with E-state index in [1.54, 1.807) is 0 Å². The summed E-state index contributed by atoms with van der Waals surface area (Å²) >= 11 is 0. The first-order chi connectivity index (χ1) is 9.18. The summed E-state index contributed by atoms with van der Waals surface area (Å²) in [6, 6.07) is 0.338. The van der Waals surface area contributed by atoms with Gasteiger partial charge in [0.15, 0.2) is 0 Å². The average Bonchev–Trinajstić information content (AvgIpc) is 2.46. The first-order valence-corrected chi connectivity index (χ1v) is 7.88. The Morgan fingerprint density at radius 2 is 1.58 bits per heavy atom. The molecule has 0 spiro atoms. The Labute approximate surface area is 115 Å². The molecule has 0 radical (unpaired) electrons. The van der Waals surface area contributed by atoms with Gasteiger partial charge in [0.1, 0.15) is 6.10 Å². The Morgan fingerprint density at radius 3 is 2.26 bits per heavy atom. The minimum atomic E-state index is -2.63. The fourth-order valence-electron chi connectivity index (χ4n) is 3.90. The lowest BCUT2D eigenvalue weighted by Gasteiger charge is -2.39. The van der Waals surface area contributed by atoms with E-state index < -0.39 is 12.5 Å². The van der Waals surface area contributed by atoms with Crippen LogP contribution in [0.25, 0.3) is 0 Å². The normalized spacial score (nSPS) is 31.6. The quantitative estimate of drug-likeness (QED) is 0.806. The number of halogens is 2. The van der Waals surface area contributed by atoms with E-state index in [4.69, 9.17) is 0 Å². The van der Waals surface area contributed by atoms with Crippen LogP contribution in [-0.4, -0.2) is 30.2 Å². The number of alkyl halides is 2. The van der Waals surface area contributed by atoms with E-state index in [0.29, 0.717) is 12.0 Å². The third-order valence-electron chi connectivity index (χ3n) is 4.95. The minimum Gasteiger partial charge on any atom is -0.386 e. The fourth-order valence-corrected chi connectivity index (χ4v) is 3.90. The van der Waals surface area contributed by atoms with E-state index in [1.807, 2.05) is 0 Å². The van der Waals surface area contributed by atoms with Crippen molar-refractivity contribution in [1.29, 1.82) is 0 Å². The Morgan fingerprint density at radius 1 is 0.947 bits per heavy atom. The molecule has 2 nitrogen and oxygen atoms in total. The first kappa shape index (κ1) is 15.2. The maximum Gasteiger partial charge on any atom is 0.265 e. The summed E-state index contributed by atoms with van der Waals surface area (Å²) in [5, 5.41) is 12.5. The van der Waals surface area contributed by atoms with Crippen LogP contribution in [0.1, 0.15) is 57.8 Å². The van der Waals surface area contributed by atoms with Crippen LogP contribution in [0.2, 0.25) is 0 Å². The molecule has 19 heavy (non-hydrogen) atoms. The van der Waals surface area contributed by atoms with Gasteiger partial charge in [-0.2, -0.15) is 0 Å². The van der Waals surface area contributed by atoms with Crippen molar-refractivity contribution in [3.05, 3.63) is 0 Å². The van der Waals surface area contributed by atoms with Gasteiger partial charge < -0.3 is 10.4 Å². The Balaban J connectivity index is 1.84. The summed E-state index contributed by atoms with van der Waals surface area (Å²) in [6.07, 6.45) is 7.23. The second-order valence-electron chi connectivity index (χ2n) is 6.26. The highest BCUT2D eigenvalue weighted by atomic mass is 19.3. The molecule has 2 rings (SSSR count). The van der Waals surface area contributed by atoms with Crippen LogP contribution in [0.3, 0.4) is 0 Å². The third kappa shape index (κ3) is 4.38. The van der Waals surface area contributed by atoms with Crippen molar-refractivity contribution in [3.8, 4) is 0 Å². The van der Waals surface area contributed by atoms with Gasteiger partial charge in [-0.05, 0) is 24.7 Å². The zero-order valence-electron chi connectivity index (χ0n) is 11.7. The van der Waals surface area contributed by atoms with Crippen molar-refractivity contribution in [1.82, 2.24) is 5.32 Å². The molecule has 2 aliphatic rings. The Bertz CT molecular complexity index is 257. The molecule has 3 unspecified atom stereocenters. The highest BCUT2D eigenvalue weighted by molar-refractivity contribution is 4.87. The highest BCUT2D eigenvalue weighted by Crippen LogP contribution is 2.38.